The number of aryl methyl sites for hydroxylation is 1. The Morgan fingerprint density at radius 2 is 2.16 bits per heavy atom. The first-order valence-electron chi connectivity index (χ1n) is 7.26. The summed E-state index contributed by atoms with van der Waals surface area (Å²) in [5.41, 5.74) is 2.24. The average Bonchev–Trinajstić information content (AvgIpc) is 2.93. The lowest BCUT2D eigenvalue weighted by molar-refractivity contribution is -0.0176. The van der Waals surface area contributed by atoms with Crippen molar-refractivity contribution in [2.75, 3.05) is 19.8 Å². The van der Waals surface area contributed by atoms with Crippen LogP contribution in [-0.2, 0) is 15.9 Å². The van der Waals surface area contributed by atoms with Crippen LogP contribution in [0.1, 0.15) is 43.4 Å². The molecule has 1 aliphatic heterocycles. The fraction of sp³-hybridized carbons (Fsp3) is 0.625. The Morgan fingerprint density at radius 1 is 1.37 bits per heavy atom. The van der Waals surface area contributed by atoms with Gasteiger partial charge in [0, 0.05) is 6.61 Å². The topological polar surface area (TPSA) is 38.7 Å². The van der Waals surface area contributed by atoms with E-state index in [2.05, 4.69) is 19.1 Å². The van der Waals surface area contributed by atoms with Gasteiger partial charge in [0.15, 0.2) is 0 Å². The van der Waals surface area contributed by atoms with Gasteiger partial charge in [-0.25, -0.2) is 0 Å². The molecule has 0 bridgehead atoms. The Morgan fingerprint density at radius 3 is 2.79 bits per heavy atom. The smallest absolute Gasteiger partial charge is 0.102 e. The zero-order valence-corrected chi connectivity index (χ0v) is 11.7. The van der Waals surface area contributed by atoms with E-state index in [9.17, 15) is 5.11 Å². The summed E-state index contributed by atoms with van der Waals surface area (Å²) >= 11 is 0. The summed E-state index contributed by atoms with van der Waals surface area (Å²) in [5, 5.41) is 10.0. The van der Waals surface area contributed by atoms with Gasteiger partial charge in [0.25, 0.3) is 0 Å². The molecule has 19 heavy (non-hydrogen) atoms. The van der Waals surface area contributed by atoms with E-state index >= 15 is 0 Å². The molecule has 1 heterocycles. The Balaban J connectivity index is 1.73. The van der Waals surface area contributed by atoms with Gasteiger partial charge >= 0.3 is 0 Å². The molecule has 1 N–H and O–H groups in total. The highest BCUT2D eigenvalue weighted by Gasteiger charge is 2.16. The quantitative estimate of drug-likeness (QED) is 0.823. The predicted molar refractivity (Wildman–Crippen MR) is 75.2 cm³/mol. The Hall–Kier alpha value is -0.900. The second kappa shape index (κ2) is 7.63. The zero-order valence-electron chi connectivity index (χ0n) is 11.7. The fourth-order valence-electron chi connectivity index (χ4n) is 2.38. The van der Waals surface area contributed by atoms with Crippen LogP contribution in [0.4, 0.5) is 0 Å². The molecule has 2 rings (SSSR count). The maximum absolute atomic E-state index is 10.0. The third-order valence-corrected chi connectivity index (χ3v) is 3.51. The van der Waals surface area contributed by atoms with Crippen molar-refractivity contribution in [1.82, 2.24) is 0 Å². The highest BCUT2D eigenvalue weighted by molar-refractivity contribution is 5.24. The Kier molecular flexibility index (Phi) is 5.83. The van der Waals surface area contributed by atoms with Gasteiger partial charge in [-0.15, -0.1) is 0 Å². The third-order valence-electron chi connectivity index (χ3n) is 3.51. The van der Waals surface area contributed by atoms with E-state index in [1.54, 1.807) is 0 Å². The average molecular weight is 264 g/mol. The molecule has 1 saturated heterocycles. The summed E-state index contributed by atoms with van der Waals surface area (Å²) in [6.45, 7) is 3.94. The van der Waals surface area contributed by atoms with Crippen molar-refractivity contribution >= 4 is 0 Å². The molecular weight excluding hydrogens is 240 g/mol. The summed E-state index contributed by atoms with van der Waals surface area (Å²) in [4.78, 5) is 0. The first kappa shape index (κ1) is 14.5. The van der Waals surface area contributed by atoms with Gasteiger partial charge < -0.3 is 14.6 Å². The summed E-state index contributed by atoms with van der Waals surface area (Å²) < 4.78 is 11.0. The van der Waals surface area contributed by atoms with Gasteiger partial charge in [-0.2, -0.15) is 0 Å². The molecule has 3 nitrogen and oxygen atoms in total. The summed E-state index contributed by atoms with van der Waals surface area (Å²) in [7, 11) is 0. The minimum atomic E-state index is -0.544. The van der Waals surface area contributed by atoms with E-state index in [-0.39, 0.29) is 6.10 Å². The predicted octanol–water partition coefficient (Wildman–Crippen LogP) is 2.87. The van der Waals surface area contributed by atoms with Crippen molar-refractivity contribution in [2.45, 2.75) is 44.8 Å². The van der Waals surface area contributed by atoms with Crippen LogP contribution >= 0.6 is 0 Å². The first-order chi connectivity index (χ1) is 9.29. The zero-order chi connectivity index (χ0) is 13.5. The largest absolute Gasteiger partial charge is 0.386 e. The number of hydrogen-bond acceptors (Lipinski definition) is 3. The number of aliphatic hydroxyl groups excluding tert-OH is 1. The molecule has 0 aliphatic carbocycles. The highest BCUT2D eigenvalue weighted by atomic mass is 16.5. The molecule has 0 radical (unpaired) electrons. The molecule has 1 fully saturated rings. The second-order valence-corrected chi connectivity index (χ2v) is 5.18. The number of hydrogen-bond donors (Lipinski definition) is 1. The normalized spacial score (nSPS) is 20.6. The summed E-state index contributed by atoms with van der Waals surface area (Å²) in [6.07, 6.45) is 4.10. The molecule has 106 valence electrons. The minimum absolute atomic E-state index is 0.221. The van der Waals surface area contributed by atoms with Crippen molar-refractivity contribution in [3.63, 3.8) is 0 Å². The van der Waals surface area contributed by atoms with Gasteiger partial charge in [-0.05, 0) is 30.4 Å². The van der Waals surface area contributed by atoms with Crippen LogP contribution in [0.3, 0.4) is 0 Å². The van der Waals surface area contributed by atoms with E-state index in [4.69, 9.17) is 9.47 Å². The van der Waals surface area contributed by atoms with Gasteiger partial charge in [0.05, 0.1) is 19.3 Å². The highest BCUT2D eigenvalue weighted by Crippen LogP contribution is 2.17. The summed E-state index contributed by atoms with van der Waals surface area (Å²) in [6, 6.07) is 8.15. The van der Waals surface area contributed by atoms with E-state index in [0.29, 0.717) is 13.2 Å². The van der Waals surface area contributed by atoms with Crippen molar-refractivity contribution in [1.29, 1.82) is 0 Å². The molecule has 0 spiro atoms. The molecule has 1 aliphatic rings. The molecule has 0 saturated carbocycles. The van der Waals surface area contributed by atoms with Crippen LogP contribution in [0, 0.1) is 0 Å². The monoisotopic (exact) mass is 264 g/mol. The molecular formula is C16H24O3. The van der Waals surface area contributed by atoms with Crippen LogP contribution < -0.4 is 0 Å². The number of rotatable bonds is 7. The third kappa shape index (κ3) is 4.60. The molecule has 2 unspecified atom stereocenters. The van der Waals surface area contributed by atoms with Crippen LogP contribution in [0.15, 0.2) is 24.3 Å². The molecule has 1 aromatic rings. The van der Waals surface area contributed by atoms with Gasteiger partial charge in [-0.3, -0.25) is 0 Å². The molecule has 0 aromatic heterocycles. The van der Waals surface area contributed by atoms with E-state index in [1.165, 1.54) is 5.56 Å². The maximum Gasteiger partial charge on any atom is 0.102 e. The number of ether oxygens (including phenoxy) is 2. The first-order valence-corrected chi connectivity index (χ1v) is 7.26. The Bertz CT molecular complexity index is 355. The van der Waals surface area contributed by atoms with Crippen LogP contribution in [0.25, 0.3) is 0 Å². The minimum Gasteiger partial charge on any atom is -0.386 e. The lowest BCUT2D eigenvalue weighted by Crippen LogP contribution is -2.17. The van der Waals surface area contributed by atoms with Crippen LogP contribution in [0.5, 0.6) is 0 Å². The van der Waals surface area contributed by atoms with E-state index < -0.39 is 6.10 Å². The number of benzene rings is 1. The van der Waals surface area contributed by atoms with E-state index in [1.807, 2.05) is 12.1 Å². The van der Waals surface area contributed by atoms with E-state index in [0.717, 1.165) is 37.9 Å². The van der Waals surface area contributed by atoms with Gasteiger partial charge in [-0.1, -0.05) is 37.6 Å². The van der Waals surface area contributed by atoms with Crippen LogP contribution in [-0.4, -0.2) is 31.0 Å². The standard InChI is InChI=1S/C16H24O3/c1-2-4-13-6-8-14(9-7-13)16(17)12-18-11-15-5-3-10-19-15/h6-9,15-17H,2-5,10-12H2,1H3. The lowest BCUT2D eigenvalue weighted by Gasteiger charge is -2.14. The molecule has 1 aromatic carbocycles. The second-order valence-electron chi connectivity index (χ2n) is 5.18. The fourth-order valence-corrected chi connectivity index (χ4v) is 2.38. The van der Waals surface area contributed by atoms with Crippen molar-refractivity contribution in [2.24, 2.45) is 0 Å². The van der Waals surface area contributed by atoms with Gasteiger partial charge in [0.2, 0.25) is 0 Å². The maximum atomic E-state index is 10.0. The lowest BCUT2D eigenvalue weighted by atomic mass is 10.0. The molecule has 0 amide bonds. The van der Waals surface area contributed by atoms with Crippen molar-refractivity contribution < 1.29 is 14.6 Å². The number of aliphatic hydroxyl groups is 1. The van der Waals surface area contributed by atoms with Crippen LogP contribution in [0.2, 0.25) is 0 Å². The van der Waals surface area contributed by atoms with Crippen molar-refractivity contribution in [3.05, 3.63) is 35.4 Å². The summed E-state index contributed by atoms with van der Waals surface area (Å²) in [5.74, 6) is 0. The van der Waals surface area contributed by atoms with Crippen molar-refractivity contribution in [3.8, 4) is 0 Å². The molecule has 2 atom stereocenters. The van der Waals surface area contributed by atoms with Gasteiger partial charge in [0.1, 0.15) is 6.10 Å². The SMILES string of the molecule is CCCc1ccc(C(O)COCC2CCCO2)cc1. The Labute approximate surface area is 115 Å². The molecule has 3 heteroatoms.